The molecule has 1 aliphatic carbocycles. The van der Waals surface area contributed by atoms with Gasteiger partial charge in [-0.05, 0) is 26.2 Å². The van der Waals surface area contributed by atoms with Crippen molar-refractivity contribution in [2.24, 2.45) is 0 Å². The highest BCUT2D eigenvalue weighted by molar-refractivity contribution is 7.91. The van der Waals surface area contributed by atoms with Crippen molar-refractivity contribution in [2.75, 3.05) is 28.3 Å². The number of nitrogens with zero attached hydrogens (tertiary/aromatic N) is 3. The zero-order valence-corrected chi connectivity index (χ0v) is 15.7. The highest BCUT2D eigenvalue weighted by Gasteiger charge is 2.33. The number of anilines is 2. The minimum atomic E-state index is -2.94. The molecular formula is C19H24N4O2S. The van der Waals surface area contributed by atoms with Crippen LogP contribution in [0.5, 0.6) is 0 Å². The molecule has 1 aromatic heterocycles. The Hall–Kier alpha value is -2.15. The van der Waals surface area contributed by atoms with Crippen molar-refractivity contribution in [3.63, 3.8) is 0 Å². The molecule has 26 heavy (non-hydrogen) atoms. The van der Waals surface area contributed by atoms with E-state index in [1.165, 1.54) is 0 Å². The summed E-state index contributed by atoms with van der Waals surface area (Å²) >= 11 is 0. The summed E-state index contributed by atoms with van der Waals surface area (Å²) in [4.78, 5) is 11.5. The van der Waals surface area contributed by atoms with E-state index in [4.69, 9.17) is 4.98 Å². The molecule has 2 aliphatic rings. The van der Waals surface area contributed by atoms with E-state index in [9.17, 15) is 8.42 Å². The van der Waals surface area contributed by atoms with Crippen molar-refractivity contribution in [3.8, 4) is 11.3 Å². The second-order valence-corrected chi connectivity index (χ2v) is 9.29. The number of rotatable bonds is 6. The minimum absolute atomic E-state index is 0.0164. The standard InChI is InChI=1S/C19H24N4O2S/c1-2-23(16-10-11-26(24,25)13-16)18-12-17(14-6-4-3-5-7-14)21-19(22-18)20-15-8-9-15/h3-7,12,15-16H,2,8-11,13H2,1H3,(H,20,21,22). The number of hydrogen-bond acceptors (Lipinski definition) is 6. The molecule has 2 fully saturated rings. The van der Waals surface area contributed by atoms with Gasteiger partial charge in [0.15, 0.2) is 9.84 Å². The van der Waals surface area contributed by atoms with Gasteiger partial charge in [0.05, 0.1) is 17.2 Å². The number of benzene rings is 1. The first kappa shape index (κ1) is 17.3. The summed E-state index contributed by atoms with van der Waals surface area (Å²) in [5, 5.41) is 3.39. The van der Waals surface area contributed by atoms with Crippen LogP contribution in [0.25, 0.3) is 11.3 Å². The summed E-state index contributed by atoms with van der Waals surface area (Å²) in [6.45, 7) is 2.76. The molecule has 4 rings (SSSR count). The number of aromatic nitrogens is 2. The van der Waals surface area contributed by atoms with Crippen LogP contribution >= 0.6 is 0 Å². The lowest BCUT2D eigenvalue weighted by molar-refractivity contribution is 0.599. The molecule has 1 aromatic carbocycles. The molecular weight excluding hydrogens is 348 g/mol. The molecule has 1 unspecified atom stereocenters. The summed E-state index contributed by atoms with van der Waals surface area (Å²) in [5.74, 6) is 1.89. The van der Waals surface area contributed by atoms with Crippen LogP contribution in [-0.4, -0.2) is 48.5 Å². The quantitative estimate of drug-likeness (QED) is 0.840. The topological polar surface area (TPSA) is 75.2 Å². The Morgan fingerprint density at radius 1 is 1.15 bits per heavy atom. The SMILES string of the molecule is CCN(c1cc(-c2ccccc2)nc(NC2CC2)n1)C1CCS(=O)(=O)C1. The second kappa shape index (κ2) is 6.87. The first-order valence-electron chi connectivity index (χ1n) is 9.22. The Morgan fingerprint density at radius 2 is 1.92 bits per heavy atom. The molecule has 0 amide bonds. The molecule has 0 bridgehead atoms. The Labute approximate surface area is 154 Å². The normalized spacial score (nSPS) is 21.5. The average molecular weight is 372 g/mol. The molecule has 7 heteroatoms. The minimum Gasteiger partial charge on any atom is -0.353 e. The van der Waals surface area contributed by atoms with Crippen LogP contribution in [0.15, 0.2) is 36.4 Å². The fourth-order valence-electron chi connectivity index (χ4n) is 3.44. The van der Waals surface area contributed by atoms with Gasteiger partial charge in [0.25, 0.3) is 0 Å². The van der Waals surface area contributed by atoms with Crippen LogP contribution in [0.1, 0.15) is 26.2 Å². The van der Waals surface area contributed by atoms with Crippen LogP contribution in [0.2, 0.25) is 0 Å². The van der Waals surface area contributed by atoms with Crippen LogP contribution in [0.4, 0.5) is 11.8 Å². The number of sulfone groups is 1. The first-order valence-corrected chi connectivity index (χ1v) is 11.0. The molecule has 1 saturated carbocycles. The fourth-order valence-corrected chi connectivity index (χ4v) is 5.17. The van der Waals surface area contributed by atoms with E-state index < -0.39 is 9.84 Å². The van der Waals surface area contributed by atoms with Crippen LogP contribution in [0, 0.1) is 0 Å². The zero-order chi connectivity index (χ0) is 18.1. The summed E-state index contributed by atoms with van der Waals surface area (Å²) in [7, 11) is -2.94. The van der Waals surface area contributed by atoms with Crippen molar-refractivity contribution in [1.82, 2.24) is 9.97 Å². The number of nitrogens with one attached hydrogen (secondary N) is 1. The van der Waals surface area contributed by atoms with Gasteiger partial charge in [0, 0.05) is 30.3 Å². The summed E-state index contributed by atoms with van der Waals surface area (Å²) in [5.41, 5.74) is 1.89. The van der Waals surface area contributed by atoms with E-state index in [1.54, 1.807) is 0 Å². The zero-order valence-electron chi connectivity index (χ0n) is 14.9. The molecule has 6 nitrogen and oxygen atoms in total. The number of hydrogen-bond donors (Lipinski definition) is 1. The predicted octanol–water partition coefficient (Wildman–Crippen LogP) is 2.73. The molecule has 2 heterocycles. The maximum absolute atomic E-state index is 11.9. The molecule has 0 spiro atoms. The van der Waals surface area contributed by atoms with Crippen molar-refractivity contribution < 1.29 is 8.42 Å². The summed E-state index contributed by atoms with van der Waals surface area (Å²) < 4.78 is 23.9. The second-order valence-electron chi connectivity index (χ2n) is 7.06. The van der Waals surface area contributed by atoms with E-state index in [2.05, 4.69) is 15.2 Å². The van der Waals surface area contributed by atoms with E-state index >= 15 is 0 Å². The van der Waals surface area contributed by atoms with Gasteiger partial charge >= 0.3 is 0 Å². The van der Waals surface area contributed by atoms with Gasteiger partial charge in [-0.15, -0.1) is 0 Å². The molecule has 1 atom stereocenters. The summed E-state index contributed by atoms with van der Waals surface area (Å²) in [6, 6.07) is 12.4. The third-order valence-corrected chi connectivity index (χ3v) is 6.73. The van der Waals surface area contributed by atoms with Gasteiger partial charge in [-0.3, -0.25) is 0 Å². The molecule has 1 saturated heterocycles. The molecule has 1 N–H and O–H groups in total. The maximum Gasteiger partial charge on any atom is 0.225 e. The van der Waals surface area contributed by atoms with Crippen LogP contribution < -0.4 is 10.2 Å². The monoisotopic (exact) mass is 372 g/mol. The van der Waals surface area contributed by atoms with Crippen molar-refractivity contribution >= 4 is 21.6 Å². The lowest BCUT2D eigenvalue weighted by Gasteiger charge is -2.28. The molecule has 0 radical (unpaired) electrons. The lowest BCUT2D eigenvalue weighted by Crippen LogP contribution is -2.37. The third kappa shape index (κ3) is 3.82. The van der Waals surface area contributed by atoms with Crippen LogP contribution in [0.3, 0.4) is 0 Å². The fraction of sp³-hybridized carbons (Fsp3) is 0.474. The van der Waals surface area contributed by atoms with Crippen molar-refractivity contribution in [1.29, 1.82) is 0 Å². The van der Waals surface area contributed by atoms with Gasteiger partial charge in [0.1, 0.15) is 5.82 Å². The van der Waals surface area contributed by atoms with Gasteiger partial charge in [0.2, 0.25) is 5.95 Å². The molecule has 2 aromatic rings. The predicted molar refractivity (Wildman–Crippen MR) is 104 cm³/mol. The van der Waals surface area contributed by atoms with Gasteiger partial charge in [-0.2, -0.15) is 4.98 Å². The van der Waals surface area contributed by atoms with E-state index in [0.29, 0.717) is 25.0 Å². The van der Waals surface area contributed by atoms with Gasteiger partial charge in [-0.1, -0.05) is 30.3 Å². The summed E-state index contributed by atoms with van der Waals surface area (Å²) in [6.07, 6.45) is 2.95. The van der Waals surface area contributed by atoms with Gasteiger partial charge in [-0.25, -0.2) is 13.4 Å². The van der Waals surface area contributed by atoms with Crippen molar-refractivity contribution in [3.05, 3.63) is 36.4 Å². The largest absolute Gasteiger partial charge is 0.353 e. The maximum atomic E-state index is 11.9. The van der Waals surface area contributed by atoms with Crippen LogP contribution in [-0.2, 0) is 9.84 Å². The van der Waals surface area contributed by atoms with Gasteiger partial charge < -0.3 is 10.2 Å². The highest BCUT2D eigenvalue weighted by Crippen LogP contribution is 2.29. The van der Waals surface area contributed by atoms with E-state index in [-0.39, 0.29) is 17.5 Å². The van der Waals surface area contributed by atoms with E-state index in [1.807, 2.05) is 43.3 Å². The molecule has 138 valence electrons. The Bertz CT molecular complexity index is 882. The Morgan fingerprint density at radius 3 is 2.54 bits per heavy atom. The average Bonchev–Trinajstić information content (AvgIpc) is 3.37. The smallest absolute Gasteiger partial charge is 0.225 e. The highest BCUT2D eigenvalue weighted by atomic mass is 32.2. The molecule has 1 aliphatic heterocycles. The van der Waals surface area contributed by atoms with E-state index in [0.717, 1.165) is 29.9 Å². The van der Waals surface area contributed by atoms with Crippen molar-refractivity contribution in [2.45, 2.75) is 38.3 Å². The third-order valence-electron chi connectivity index (χ3n) is 4.98. The Balaban J connectivity index is 1.71. The Kier molecular flexibility index (Phi) is 4.56. The lowest BCUT2D eigenvalue weighted by atomic mass is 10.1. The first-order chi connectivity index (χ1) is 12.5.